The van der Waals surface area contributed by atoms with E-state index in [-0.39, 0.29) is 17.7 Å². The molecule has 1 amide bonds. The lowest BCUT2D eigenvalue weighted by Gasteiger charge is -2.12. The lowest BCUT2D eigenvalue weighted by molar-refractivity contribution is 0.102. The molecule has 1 saturated heterocycles. The minimum absolute atomic E-state index is 0.219. The summed E-state index contributed by atoms with van der Waals surface area (Å²) in [5.41, 5.74) is 2.78. The first kappa shape index (κ1) is 17.6. The molecule has 0 radical (unpaired) electrons. The first-order valence-electron chi connectivity index (χ1n) is 8.30. The van der Waals surface area contributed by atoms with Crippen LogP contribution in [0.15, 0.2) is 24.3 Å². The van der Waals surface area contributed by atoms with Gasteiger partial charge in [-0.05, 0) is 56.0 Å². The van der Waals surface area contributed by atoms with Gasteiger partial charge in [0.15, 0.2) is 5.69 Å². The van der Waals surface area contributed by atoms with E-state index in [0.29, 0.717) is 23.1 Å². The number of anilines is 2. The zero-order valence-corrected chi connectivity index (χ0v) is 15.1. The average molecular weight is 361 g/mol. The molecule has 2 N–H and O–H groups in total. The summed E-state index contributed by atoms with van der Waals surface area (Å²) in [4.78, 5) is 12.4. The predicted octanol–water partition coefficient (Wildman–Crippen LogP) is 3.59. The Balaban J connectivity index is 1.62. The Labute approximate surface area is 151 Å². The van der Waals surface area contributed by atoms with Crippen LogP contribution in [-0.2, 0) is 4.74 Å². The molecule has 1 fully saturated rings. The Morgan fingerprint density at radius 3 is 2.80 bits per heavy atom. The first-order chi connectivity index (χ1) is 12.0. The third-order valence-corrected chi connectivity index (χ3v) is 4.40. The summed E-state index contributed by atoms with van der Waals surface area (Å²) in [5.74, 6) is 0.281. The van der Waals surface area contributed by atoms with Crippen LogP contribution in [0.4, 0.5) is 11.5 Å². The van der Waals surface area contributed by atoms with Crippen molar-refractivity contribution in [1.82, 2.24) is 10.2 Å². The summed E-state index contributed by atoms with van der Waals surface area (Å²) >= 11 is 6.22. The van der Waals surface area contributed by atoms with E-state index in [1.165, 1.54) is 0 Å². The number of ether oxygens (including phenoxy) is 1. The third-order valence-electron chi connectivity index (χ3n) is 4.10. The minimum Gasteiger partial charge on any atom is -0.376 e. The Morgan fingerprint density at radius 2 is 2.16 bits per heavy atom. The number of aryl methyl sites for hydroxylation is 2. The number of nitrogens with zero attached hydrogens (tertiary/aromatic N) is 2. The summed E-state index contributed by atoms with van der Waals surface area (Å²) in [6, 6.07) is 7.15. The molecule has 25 heavy (non-hydrogen) atoms. The van der Waals surface area contributed by atoms with Gasteiger partial charge in [-0.25, -0.2) is 0 Å². The third kappa shape index (κ3) is 4.46. The van der Waals surface area contributed by atoms with Crippen molar-refractivity contribution in [3.8, 4) is 0 Å². The van der Waals surface area contributed by atoms with E-state index in [1.807, 2.05) is 26.0 Å². The summed E-state index contributed by atoms with van der Waals surface area (Å²) in [5, 5.41) is 14.5. The number of carbonyl (C=O) groups is 1. The van der Waals surface area contributed by atoms with Crippen molar-refractivity contribution in [2.24, 2.45) is 0 Å². The van der Waals surface area contributed by atoms with Gasteiger partial charge in [0.1, 0.15) is 5.82 Å². The lowest BCUT2D eigenvalue weighted by atomic mass is 10.1. The van der Waals surface area contributed by atoms with Crippen LogP contribution in [0.25, 0.3) is 0 Å². The van der Waals surface area contributed by atoms with Gasteiger partial charge in [0.2, 0.25) is 0 Å². The maximum absolute atomic E-state index is 12.4. The van der Waals surface area contributed by atoms with Crippen LogP contribution in [0.3, 0.4) is 0 Å². The summed E-state index contributed by atoms with van der Waals surface area (Å²) < 4.78 is 5.55. The van der Waals surface area contributed by atoms with Gasteiger partial charge in [-0.2, -0.15) is 0 Å². The average Bonchev–Trinajstić information content (AvgIpc) is 3.10. The predicted molar refractivity (Wildman–Crippen MR) is 98.4 cm³/mol. The smallest absolute Gasteiger partial charge is 0.276 e. The molecule has 1 aliphatic heterocycles. The molecule has 1 aromatic carbocycles. The second kappa shape index (κ2) is 7.80. The van der Waals surface area contributed by atoms with Gasteiger partial charge in [0.05, 0.1) is 16.8 Å². The molecule has 1 aliphatic rings. The van der Waals surface area contributed by atoms with Crippen LogP contribution in [0.5, 0.6) is 0 Å². The highest BCUT2D eigenvalue weighted by Crippen LogP contribution is 2.27. The van der Waals surface area contributed by atoms with Crippen molar-refractivity contribution in [2.45, 2.75) is 32.8 Å². The van der Waals surface area contributed by atoms with E-state index in [2.05, 4.69) is 20.8 Å². The van der Waals surface area contributed by atoms with Crippen LogP contribution < -0.4 is 10.6 Å². The molecule has 0 spiro atoms. The molecule has 3 rings (SSSR count). The van der Waals surface area contributed by atoms with Crippen molar-refractivity contribution in [3.05, 3.63) is 46.1 Å². The van der Waals surface area contributed by atoms with Crippen LogP contribution >= 0.6 is 11.6 Å². The van der Waals surface area contributed by atoms with Crippen LogP contribution in [-0.4, -0.2) is 35.4 Å². The highest BCUT2D eigenvalue weighted by molar-refractivity contribution is 6.34. The molecule has 0 aliphatic carbocycles. The molecule has 6 nitrogen and oxygen atoms in total. The fourth-order valence-electron chi connectivity index (χ4n) is 2.82. The molecule has 7 heteroatoms. The number of carbonyl (C=O) groups excluding carboxylic acids is 1. The molecule has 2 heterocycles. The van der Waals surface area contributed by atoms with Crippen molar-refractivity contribution in [2.75, 3.05) is 23.8 Å². The van der Waals surface area contributed by atoms with Crippen LogP contribution in [0, 0.1) is 13.8 Å². The molecule has 0 bridgehead atoms. The summed E-state index contributed by atoms with van der Waals surface area (Å²) in [7, 11) is 0. The molecule has 1 aromatic heterocycles. The monoisotopic (exact) mass is 360 g/mol. The molecule has 1 atom stereocenters. The molecular formula is C18H21ClN4O2. The van der Waals surface area contributed by atoms with E-state index in [4.69, 9.17) is 16.3 Å². The van der Waals surface area contributed by atoms with Crippen molar-refractivity contribution in [1.29, 1.82) is 0 Å². The van der Waals surface area contributed by atoms with Gasteiger partial charge in [0.25, 0.3) is 5.91 Å². The maximum atomic E-state index is 12.4. The molecular weight excluding hydrogens is 340 g/mol. The Kier molecular flexibility index (Phi) is 5.50. The Hall–Kier alpha value is -2.18. The Morgan fingerprint density at radius 1 is 1.32 bits per heavy atom. The number of aromatic nitrogens is 2. The van der Waals surface area contributed by atoms with Gasteiger partial charge in [-0.15, -0.1) is 10.2 Å². The van der Waals surface area contributed by atoms with E-state index in [1.54, 1.807) is 12.1 Å². The van der Waals surface area contributed by atoms with Gasteiger partial charge >= 0.3 is 0 Å². The normalized spacial score (nSPS) is 16.7. The minimum atomic E-state index is -0.341. The van der Waals surface area contributed by atoms with Gasteiger partial charge < -0.3 is 15.4 Å². The molecule has 0 saturated carbocycles. The second-order valence-corrected chi connectivity index (χ2v) is 6.62. The number of hydrogen-bond acceptors (Lipinski definition) is 5. The highest BCUT2D eigenvalue weighted by atomic mass is 35.5. The summed E-state index contributed by atoms with van der Waals surface area (Å²) in [6.45, 7) is 5.37. The summed E-state index contributed by atoms with van der Waals surface area (Å²) in [6.07, 6.45) is 2.37. The number of halogens is 1. The standard InChI is InChI=1S/C18H21ClN4O2/c1-11-8-12(2)17(14(19)9-11)21-18(24)15-5-6-16(23-22-15)20-10-13-4-3-7-25-13/h5-6,8-9,13H,3-4,7,10H2,1-2H3,(H,20,23)(H,21,24). The van der Waals surface area contributed by atoms with Crippen molar-refractivity contribution >= 4 is 29.0 Å². The zero-order chi connectivity index (χ0) is 17.8. The van der Waals surface area contributed by atoms with Crippen molar-refractivity contribution < 1.29 is 9.53 Å². The van der Waals surface area contributed by atoms with Crippen molar-refractivity contribution in [3.63, 3.8) is 0 Å². The topological polar surface area (TPSA) is 76.1 Å². The maximum Gasteiger partial charge on any atom is 0.276 e. The second-order valence-electron chi connectivity index (χ2n) is 6.21. The number of nitrogens with one attached hydrogen (secondary N) is 2. The van der Waals surface area contributed by atoms with E-state index < -0.39 is 0 Å². The van der Waals surface area contributed by atoms with Crippen LogP contribution in [0.2, 0.25) is 5.02 Å². The SMILES string of the molecule is Cc1cc(C)c(NC(=O)c2ccc(NCC3CCCO3)nn2)c(Cl)c1. The van der Waals surface area contributed by atoms with Gasteiger partial charge in [-0.1, -0.05) is 17.7 Å². The molecule has 2 aromatic rings. The van der Waals surface area contributed by atoms with E-state index in [9.17, 15) is 4.79 Å². The van der Waals surface area contributed by atoms with Crippen LogP contribution in [0.1, 0.15) is 34.5 Å². The fourth-order valence-corrected chi connectivity index (χ4v) is 3.19. The molecule has 1 unspecified atom stereocenters. The number of benzene rings is 1. The zero-order valence-electron chi connectivity index (χ0n) is 14.3. The van der Waals surface area contributed by atoms with Gasteiger partial charge in [0, 0.05) is 13.2 Å². The number of rotatable bonds is 5. The largest absolute Gasteiger partial charge is 0.376 e. The lowest BCUT2D eigenvalue weighted by Crippen LogP contribution is -2.20. The first-order valence-corrected chi connectivity index (χ1v) is 8.68. The quantitative estimate of drug-likeness (QED) is 0.852. The fraction of sp³-hybridized carbons (Fsp3) is 0.389. The highest BCUT2D eigenvalue weighted by Gasteiger charge is 2.16. The van der Waals surface area contributed by atoms with E-state index in [0.717, 1.165) is 30.6 Å². The van der Waals surface area contributed by atoms with Gasteiger partial charge in [-0.3, -0.25) is 4.79 Å². The number of hydrogen-bond donors (Lipinski definition) is 2. The Bertz CT molecular complexity index is 735. The number of amides is 1. The molecule has 132 valence electrons. The van der Waals surface area contributed by atoms with E-state index >= 15 is 0 Å².